The minimum atomic E-state index is -1.65. The maximum Gasteiger partial charge on any atom is 0.306 e. The highest BCUT2D eigenvalue weighted by Gasteiger charge is 2.47. The molecule has 0 aromatic heterocycles. The van der Waals surface area contributed by atoms with E-state index in [9.17, 15) is 35.1 Å². The molecule has 1 rings (SSSR count). The van der Waals surface area contributed by atoms with Crippen LogP contribution < -0.4 is 5.32 Å². The van der Waals surface area contributed by atoms with Crippen molar-refractivity contribution in [2.24, 2.45) is 0 Å². The van der Waals surface area contributed by atoms with E-state index in [1.807, 2.05) is 66.8 Å². The van der Waals surface area contributed by atoms with Gasteiger partial charge < -0.3 is 45.1 Å². The molecule has 1 aliphatic rings. The summed E-state index contributed by atoms with van der Waals surface area (Å²) in [5, 5.41) is 57.1. The van der Waals surface area contributed by atoms with Gasteiger partial charge >= 0.3 is 5.97 Å². The number of esters is 1. The number of rotatable bonds is 54. The molecular weight excluding hydrogens is 1060 g/mol. The third kappa shape index (κ3) is 47.1. The Hall–Kier alpha value is -4.72. The molecule has 6 N–H and O–H groups in total. The zero-order chi connectivity index (χ0) is 61.7. The van der Waals surface area contributed by atoms with Crippen molar-refractivity contribution >= 4 is 11.9 Å². The third-order valence-corrected chi connectivity index (χ3v) is 14.6. The zero-order valence-corrected chi connectivity index (χ0v) is 53.2. The van der Waals surface area contributed by atoms with Crippen LogP contribution in [0.2, 0.25) is 0 Å². The SMILES string of the molecule is CC\C=C/C=C/C=C/C=C\C=C\C=C\CCCCCC(=O)OC1C(OCC(NC(=O)C(O)CCCCCCCCC/C=C\C/C=C\C/C=C\C/C=C\C/C=C\C/C=C\CC)C(O)/C=C/CCCCCCCCCCCCC)OC(CO)C(O)C1O. The Morgan fingerprint density at radius 1 is 0.482 bits per heavy atom. The van der Waals surface area contributed by atoms with Gasteiger partial charge in [-0.1, -0.05) is 288 Å². The molecule has 1 aliphatic heterocycles. The first-order valence-corrected chi connectivity index (χ1v) is 33.3. The molecule has 0 saturated carbocycles. The van der Waals surface area contributed by atoms with Crippen molar-refractivity contribution in [3.8, 4) is 0 Å². The largest absolute Gasteiger partial charge is 0.454 e. The van der Waals surface area contributed by atoms with Gasteiger partial charge in [0.15, 0.2) is 12.4 Å². The van der Waals surface area contributed by atoms with Gasteiger partial charge in [0.2, 0.25) is 5.91 Å². The molecule has 1 amide bonds. The molecule has 480 valence electrons. The van der Waals surface area contributed by atoms with Crippen molar-refractivity contribution in [3.05, 3.63) is 158 Å². The number of hydrogen-bond donors (Lipinski definition) is 6. The van der Waals surface area contributed by atoms with Crippen LogP contribution in [-0.2, 0) is 23.8 Å². The fourth-order valence-electron chi connectivity index (χ4n) is 9.39. The Kier molecular flexibility index (Phi) is 54.9. The highest BCUT2D eigenvalue weighted by atomic mass is 16.7. The van der Waals surface area contributed by atoms with E-state index in [0.29, 0.717) is 12.8 Å². The summed E-state index contributed by atoms with van der Waals surface area (Å²) in [4.78, 5) is 26.6. The number of hydrogen-bond acceptors (Lipinski definition) is 10. The van der Waals surface area contributed by atoms with Crippen LogP contribution in [0.1, 0.15) is 233 Å². The lowest BCUT2D eigenvalue weighted by atomic mass is 9.99. The van der Waals surface area contributed by atoms with Gasteiger partial charge in [-0.3, -0.25) is 9.59 Å². The highest BCUT2D eigenvalue weighted by Crippen LogP contribution is 2.26. The number of carbonyl (C=O) groups excluding carboxylic acids is 2. The molecular formula is C74H119NO10. The second-order valence-corrected chi connectivity index (χ2v) is 22.2. The lowest BCUT2D eigenvalue weighted by Gasteiger charge is -2.41. The molecule has 0 aromatic carbocycles. The fraction of sp³-hybridized carbons (Fsp3) is 0.622. The fourth-order valence-corrected chi connectivity index (χ4v) is 9.39. The van der Waals surface area contributed by atoms with Crippen LogP contribution in [0, 0.1) is 0 Å². The minimum absolute atomic E-state index is 0.0619. The minimum Gasteiger partial charge on any atom is -0.454 e. The van der Waals surface area contributed by atoms with Gasteiger partial charge in [-0.25, -0.2) is 0 Å². The lowest BCUT2D eigenvalue weighted by Crippen LogP contribution is -2.61. The number of amides is 1. The Bertz CT molecular complexity index is 1990. The zero-order valence-electron chi connectivity index (χ0n) is 53.2. The molecule has 0 aliphatic carbocycles. The predicted molar refractivity (Wildman–Crippen MR) is 356 cm³/mol. The van der Waals surface area contributed by atoms with Gasteiger partial charge in [0, 0.05) is 6.42 Å². The Morgan fingerprint density at radius 3 is 1.41 bits per heavy atom. The molecule has 0 aromatic rings. The molecule has 85 heavy (non-hydrogen) atoms. The standard InChI is InChI=1S/C74H119NO10/c1-4-7-10-13-16-19-22-25-27-29-30-31-32-33-34-35-36-37-39-40-43-46-49-52-55-58-61-67(78)73(82)75-65(66(77)60-57-54-51-48-45-42-24-21-18-15-12-9-6-3)64-83-74-72(71(81)70(80)68(63-76)84-74)85-69(79)62-59-56-53-50-47-44-41-38-28-26-23-20-17-14-11-8-5-2/h7-8,10-11,14,16-17,19-20,23,25-28,30-31,33-34,36-38,41,44,47,57,60,65-68,70-72,74,76-78,80-81H,4-6,9,12-13,15,18,21-22,24,29,32,35,39-40,42-43,45-46,48-56,58-59,61-64H2,1-3H3,(H,75,82)/b10-7-,11-8-,17-14+,19-16-,23-20+,27-25-,28-26-,31-30-,34-33-,37-36-,41-38+,47-44+,60-57+. The van der Waals surface area contributed by atoms with Crippen molar-refractivity contribution in [3.63, 3.8) is 0 Å². The summed E-state index contributed by atoms with van der Waals surface area (Å²) in [6.45, 7) is 5.49. The Morgan fingerprint density at radius 2 is 0.906 bits per heavy atom. The van der Waals surface area contributed by atoms with Crippen LogP contribution in [0.15, 0.2) is 158 Å². The Labute approximate surface area is 517 Å². The molecule has 0 spiro atoms. The summed E-state index contributed by atoms with van der Waals surface area (Å²) in [6.07, 6.45) is 77.0. The first kappa shape index (κ1) is 78.3. The lowest BCUT2D eigenvalue weighted by molar-refractivity contribution is -0.305. The van der Waals surface area contributed by atoms with E-state index in [1.165, 1.54) is 51.4 Å². The average molecular weight is 1180 g/mol. The summed E-state index contributed by atoms with van der Waals surface area (Å²) in [5.41, 5.74) is 0. The van der Waals surface area contributed by atoms with Gasteiger partial charge in [0.25, 0.3) is 0 Å². The van der Waals surface area contributed by atoms with Crippen molar-refractivity contribution < 1.29 is 49.3 Å². The number of nitrogens with one attached hydrogen (secondary N) is 1. The van der Waals surface area contributed by atoms with E-state index >= 15 is 0 Å². The van der Waals surface area contributed by atoms with Crippen molar-refractivity contribution in [2.75, 3.05) is 13.2 Å². The summed E-state index contributed by atoms with van der Waals surface area (Å²) in [6, 6.07) is -1.05. The first-order valence-electron chi connectivity index (χ1n) is 33.3. The summed E-state index contributed by atoms with van der Waals surface area (Å²) >= 11 is 0. The second-order valence-electron chi connectivity index (χ2n) is 22.2. The van der Waals surface area contributed by atoms with Crippen LogP contribution in [0.3, 0.4) is 0 Å². The van der Waals surface area contributed by atoms with Crippen LogP contribution in [0.4, 0.5) is 0 Å². The van der Waals surface area contributed by atoms with Gasteiger partial charge in [0.05, 0.1) is 25.4 Å². The summed E-state index contributed by atoms with van der Waals surface area (Å²) in [5.74, 6) is -1.26. The number of aliphatic hydroxyl groups is 5. The number of unbranched alkanes of at least 4 members (excludes halogenated alkanes) is 21. The number of allylic oxidation sites excluding steroid dienone is 25. The van der Waals surface area contributed by atoms with Gasteiger partial charge in [-0.2, -0.15) is 0 Å². The number of aliphatic hydroxyl groups excluding tert-OH is 5. The second kappa shape index (κ2) is 59.6. The topological polar surface area (TPSA) is 175 Å². The van der Waals surface area contributed by atoms with E-state index in [0.717, 1.165) is 135 Å². The average Bonchev–Trinajstić information content (AvgIpc) is 3.16. The maximum atomic E-state index is 13.5. The highest BCUT2D eigenvalue weighted by molar-refractivity contribution is 5.80. The summed E-state index contributed by atoms with van der Waals surface area (Å²) < 4.78 is 17.6. The number of carbonyl (C=O) groups is 2. The predicted octanol–water partition coefficient (Wildman–Crippen LogP) is 16.7. The molecule has 11 heteroatoms. The molecule has 8 atom stereocenters. The van der Waals surface area contributed by atoms with Gasteiger partial charge in [-0.05, 0) is 96.3 Å². The van der Waals surface area contributed by atoms with E-state index in [4.69, 9.17) is 14.2 Å². The first-order chi connectivity index (χ1) is 41.7. The molecule has 0 bridgehead atoms. The molecule has 8 unspecified atom stereocenters. The summed E-state index contributed by atoms with van der Waals surface area (Å²) in [7, 11) is 0. The van der Waals surface area contributed by atoms with Gasteiger partial charge in [0.1, 0.15) is 24.4 Å². The van der Waals surface area contributed by atoms with Crippen molar-refractivity contribution in [1.82, 2.24) is 5.32 Å². The smallest absolute Gasteiger partial charge is 0.306 e. The van der Waals surface area contributed by atoms with Crippen LogP contribution in [0.25, 0.3) is 0 Å². The van der Waals surface area contributed by atoms with Crippen molar-refractivity contribution in [2.45, 2.75) is 282 Å². The van der Waals surface area contributed by atoms with E-state index in [1.54, 1.807) is 6.08 Å². The molecule has 1 heterocycles. The molecule has 11 nitrogen and oxygen atoms in total. The van der Waals surface area contributed by atoms with Gasteiger partial charge in [-0.15, -0.1) is 0 Å². The molecule has 0 radical (unpaired) electrons. The van der Waals surface area contributed by atoms with Crippen LogP contribution in [0.5, 0.6) is 0 Å². The van der Waals surface area contributed by atoms with E-state index in [-0.39, 0.29) is 19.4 Å². The van der Waals surface area contributed by atoms with Crippen LogP contribution in [-0.4, -0.2) is 99.6 Å². The van der Waals surface area contributed by atoms with Crippen LogP contribution >= 0.6 is 0 Å². The third-order valence-electron chi connectivity index (χ3n) is 14.6. The van der Waals surface area contributed by atoms with Crippen molar-refractivity contribution in [1.29, 1.82) is 0 Å². The number of ether oxygens (including phenoxy) is 3. The maximum absolute atomic E-state index is 13.5. The quantitative estimate of drug-likeness (QED) is 0.0149. The van der Waals surface area contributed by atoms with E-state index in [2.05, 4.69) is 111 Å². The van der Waals surface area contributed by atoms with E-state index < -0.39 is 67.4 Å². The molecule has 1 saturated heterocycles. The molecule has 1 fully saturated rings. The normalized spacial score (nSPS) is 19.5. The Balaban J connectivity index is 2.67. The monoisotopic (exact) mass is 1180 g/mol.